The standard InChI is InChI=1S/C23H28N4O2S/c1-16-13-21(25-22(28)12-11-17-7-4-3-5-8-17)27(26-16)23-24-20(15-30-23)18-9-6-10-19(14-18)29-2/h6,9-10,13-15,17H,3-5,7-8,11-12H2,1-2H3,(H,25,28). The van der Waals surface area contributed by atoms with Crippen LogP contribution in [0.5, 0.6) is 5.75 Å². The molecule has 0 unspecified atom stereocenters. The van der Waals surface area contributed by atoms with E-state index in [0.717, 1.165) is 34.3 Å². The van der Waals surface area contributed by atoms with Crippen LogP contribution in [0.25, 0.3) is 16.4 Å². The molecule has 1 aromatic carbocycles. The van der Waals surface area contributed by atoms with Crippen LogP contribution in [0.4, 0.5) is 5.82 Å². The Bertz CT molecular complexity index is 1000. The van der Waals surface area contributed by atoms with Crippen LogP contribution in [0.3, 0.4) is 0 Å². The molecule has 1 aliphatic carbocycles. The van der Waals surface area contributed by atoms with Gasteiger partial charge < -0.3 is 10.1 Å². The van der Waals surface area contributed by atoms with Crippen LogP contribution in [-0.4, -0.2) is 27.8 Å². The number of aryl methyl sites for hydroxylation is 1. The molecule has 7 heteroatoms. The zero-order chi connectivity index (χ0) is 20.9. The topological polar surface area (TPSA) is 69.0 Å². The molecule has 1 saturated carbocycles. The fraction of sp³-hybridized carbons (Fsp3) is 0.435. The number of hydrogen-bond donors (Lipinski definition) is 1. The normalized spacial score (nSPS) is 14.6. The Balaban J connectivity index is 1.46. The molecule has 1 N–H and O–H groups in total. The van der Waals surface area contributed by atoms with E-state index < -0.39 is 0 Å². The van der Waals surface area contributed by atoms with Crippen LogP contribution in [-0.2, 0) is 4.79 Å². The van der Waals surface area contributed by atoms with Crippen molar-refractivity contribution in [1.82, 2.24) is 14.8 Å². The first kappa shape index (κ1) is 20.6. The van der Waals surface area contributed by atoms with Gasteiger partial charge in [0.05, 0.1) is 18.5 Å². The maximum atomic E-state index is 12.6. The SMILES string of the molecule is COc1cccc(-c2csc(-n3nc(C)cc3NC(=O)CCC3CCCCC3)n2)c1. The van der Waals surface area contributed by atoms with E-state index in [-0.39, 0.29) is 5.91 Å². The summed E-state index contributed by atoms with van der Waals surface area (Å²) in [4.78, 5) is 17.3. The minimum atomic E-state index is 0.0475. The highest BCUT2D eigenvalue weighted by molar-refractivity contribution is 7.12. The third kappa shape index (κ3) is 4.90. The molecular weight excluding hydrogens is 396 g/mol. The quantitative estimate of drug-likeness (QED) is 0.535. The highest BCUT2D eigenvalue weighted by Crippen LogP contribution is 2.29. The Morgan fingerprint density at radius 1 is 1.27 bits per heavy atom. The van der Waals surface area contributed by atoms with E-state index in [1.54, 1.807) is 11.8 Å². The first-order valence-electron chi connectivity index (χ1n) is 10.6. The van der Waals surface area contributed by atoms with Crippen molar-refractivity contribution in [2.24, 2.45) is 5.92 Å². The fourth-order valence-electron chi connectivity index (χ4n) is 4.03. The summed E-state index contributed by atoms with van der Waals surface area (Å²) in [5, 5.41) is 10.3. The van der Waals surface area contributed by atoms with Gasteiger partial charge in [-0.3, -0.25) is 4.79 Å². The van der Waals surface area contributed by atoms with E-state index in [1.165, 1.54) is 43.4 Å². The molecule has 1 aliphatic rings. The first-order valence-corrected chi connectivity index (χ1v) is 11.5. The maximum Gasteiger partial charge on any atom is 0.225 e. The first-order chi connectivity index (χ1) is 14.6. The molecular formula is C23H28N4O2S. The summed E-state index contributed by atoms with van der Waals surface area (Å²) < 4.78 is 7.04. The van der Waals surface area contributed by atoms with Crippen LogP contribution < -0.4 is 10.1 Å². The van der Waals surface area contributed by atoms with Crippen molar-refractivity contribution < 1.29 is 9.53 Å². The second-order valence-electron chi connectivity index (χ2n) is 7.92. The summed E-state index contributed by atoms with van der Waals surface area (Å²) in [7, 11) is 1.65. The molecule has 3 aromatic rings. The maximum absolute atomic E-state index is 12.6. The second kappa shape index (κ2) is 9.43. The number of rotatable bonds is 7. The molecule has 2 heterocycles. The smallest absolute Gasteiger partial charge is 0.225 e. The van der Waals surface area contributed by atoms with Crippen molar-refractivity contribution >= 4 is 23.1 Å². The zero-order valence-electron chi connectivity index (χ0n) is 17.6. The number of nitrogens with one attached hydrogen (secondary N) is 1. The molecule has 0 spiro atoms. The van der Waals surface area contributed by atoms with Gasteiger partial charge >= 0.3 is 0 Å². The van der Waals surface area contributed by atoms with Gasteiger partial charge in [0.2, 0.25) is 11.0 Å². The molecule has 2 aromatic heterocycles. The molecule has 0 radical (unpaired) electrons. The number of hydrogen-bond acceptors (Lipinski definition) is 5. The van der Waals surface area contributed by atoms with Crippen LogP contribution in [0.15, 0.2) is 35.7 Å². The summed E-state index contributed by atoms with van der Waals surface area (Å²) in [6.45, 7) is 1.92. The minimum Gasteiger partial charge on any atom is -0.497 e. The molecule has 0 aliphatic heterocycles. The predicted octanol–water partition coefficient (Wildman–Crippen LogP) is 5.61. The molecule has 6 nitrogen and oxygen atoms in total. The fourth-order valence-corrected chi connectivity index (χ4v) is 4.82. The number of aromatic nitrogens is 3. The number of methoxy groups -OCH3 is 1. The van der Waals surface area contributed by atoms with Gasteiger partial charge in [0.25, 0.3) is 0 Å². The largest absolute Gasteiger partial charge is 0.497 e. The number of anilines is 1. The van der Waals surface area contributed by atoms with Gasteiger partial charge in [-0.25, -0.2) is 4.98 Å². The minimum absolute atomic E-state index is 0.0475. The zero-order valence-corrected chi connectivity index (χ0v) is 18.4. The summed E-state index contributed by atoms with van der Waals surface area (Å²) in [5.74, 6) is 2.21. The van der Waals surface area contributed by atoms with E-state index >= 15 is 0 Å². The van der Waals surface area contributed by atoms with E-state index in [2.05, 4.69) is 10.4 Å². The second-order valence-corrected chi connectivity index (χ2v) is 8.76. The number of amides is 1. The van der Waals surface area contributed by atoms with Crippen molar-refractivity contribution in [3.63, 3.8) is 0 Å². The third-order valence-corrected chi connectivity index (χ3v) is 6.46. The molecule has 1 amide bonds. The molecule has 1 fully saturated rings. The van der Waals surface area contributed by atoms with E-state index in [0.29, 0.717) is 18.2 Å². The summed E-state index contributed by atoms with van der Waals surface area (Å²) >= 11 is 1.50. The average molecular weight is 425 g/mol. The number of nitrogens with zero attached hydrogens (tertiary/aromatic N) is 3. The van der Waals surface area contributed by atoms with Crippen LogP contribution >= 0.6 is 11.3 Å². The third-order valence-electron chi connectivity index (χ3n) is 5.64. The number of thiazole rings is 1. The molecule has 30 heavy (non-hydrogen) atoms. The van der Waals surface area contributed by atoms with Crippen molar-refractivity contribution in [3.8, 4) is 22.1 Å². The Kier molecular flexibility index (Phi) is 6.47. The van der Waals surface area contributed by atoms with Gasteiger partial charge in [0.15, 0.2) is 0 Å². The Labute approximate surface area is 181 Å². The van der Waals surface area contributed by atoms with Crippen molar-refractivity contribution in [1.29, 1.82) is 0 Å². The number of ether oxygens (including phenoxy) is 1. The van der Waals surface area contributed by atoms with Gasteiger partial charge in [-0.05, 0) is 31.4 Å². The molecule has 4 rings (SSSR count). The van der Waals surface area contributed by atoms with Gasteiger partial charge in [0.1, 0.15) is 11.6 Å². The lowest BCUT2D eigenvalue weighted by Gasteiger charge is -2.20. The summed E-state index contributed by atoms with van der Waals surface area (Å²) in [6.07, 6.45) is 7.99. The van der Waals surface area contributed by atoms with Crippen molar-refractivity contribution in [3.05, 3.63) is 41.4 Å². The van der Waals surface area contributed by atoms with Gasteiger partial charge in [-0.15, -0.1) is 11.3 Å². The Morgan fingerprint density at radius 3 is 2.90 bits per heavy atom. The Morgan fingerprint density at radius 2 is 2.10 bits per heavy atom. The van der Waals surface area contributed by atoms with Crippen molar-refractivity contribution in [2.45, 2.75) is 51.9 Å². The average Bonchev–Trinajstić information content (AvgIpc) is 3.40. The van der Waals surface area contributed by atoms with Gasteiger partial charge in [-0.2, -0.15) is 9.78 Å². The highest BCUT2D eigenvalue weighted by atomic mass is 32.1. The van der Waals surface area contributed by atoms with Gasteiger partial charge in [-0.1, -0.05) is 44.2 Å². The van der Waals surface area contributed by atoms with Crippen LogP contribution in [0.2, 0.25) is 0 Å². The van der Waals surface area contributed by atoms with Gasteiger partial charge in [0, 0.05) is 23.4 Å². The molecule has 0 saturated heterocycles. The van der Waals surface area contributed by atoms with Crippen LogP contribution in [0, 0.1) is 12.8 Å². The summed E-state index contributed by atoms with van der Waals surface area (Å²) in [5.41, 5.74) is 2.69. The van der Waals surface area contributed by atoms with Crippen LogP contribution in [0.1, 0.15) is 50.6 Å². The molecule has 158 valence electrons. The lowest BCUT2D eigenvalue weighted by Crippen LogP contribution is -2.17. The molecule has 0 bridgehead atoms. The lowest BCUT2D eigenvalue weighted by molar-refractivity contribution is -0.116. The lowest BCUT2D eigenvalue weighted by atomic mass is 9.86. The number of carbonyl (C=O) groups excluding carboxylic acids is 1. The highest BCUT2D eigenvalue weighted by Gasteiger charge is 2.17. The monoisotopic (exact) mass is 424 g/mol. The van der Waals surface area contributed by atoms with E-state index in [9.17, 15) is 4.79 Å². The number of carbonyl (C=O) groups is 1. The molecule has 0 atom stereocenters. The van der Waals surface area contributed by atoms with E-state index in [1.807, 2.05) is 42.6 Å². The van der Waals surface area contributed by atoms with E-state index in [4.69, 9.17) is 9.72 Å². The predicted molar refractivity (Wildman–Crippen MR) is 120 cm³/mol. The Hall–Kier alpha value is -2.67. The van der Waals surface area contributed by atoms with Crippen molar-refractivity contribution in [2.75, 3.05) is 12.4 Å². The number of benzene rings is 1. The summed E-state index contributed by atoms with van der Waals surface area (Å²) in [6, 6.07) is 9.72.